The Hall–Kier alpha value is -10.6. The van der Waals surface area contributed by atoms with Gasteiger partial charge in [-0.1, -0.05) is 71.6 Å². The Morgan fingerprint density at radius 3 is 1.64 bits per heavy atom. The smallest absolute Gasteiger partial charge is 0.264 e. The van der Waals surface area contributed by atoms with Crippen LogP contribution in [0.15, 0.2) is 84.9 Å². The molecule has 1 aliphatic rings. The van der Waals surface area contributed by atoms with Crippen molar-refractivity contribution in [2.24, 2.45) is 0 Å². The van der Waals surface area contributed by atoms with Gasteiger partial charge < -0.3 is 19.5 Å². The molecule has 0 fully saturated rings. The topological polar surface area (TPSA) is 156 Å². The monoisotopic (exact) mass is 936 g/mol. The molecule has 12 heteroatoms. The molecular formula is C58H52N2O10. The van der Waals surface area contributed by atoms with Crippen LogP contribution in [0, 0.1) is 166 Å². The second kappa shape index (κ2) is 32.2. The molecule has 0 radical (unpaired) electrons. The largest absolute Gasteiger partial charge is 0.497 e. The fraction of sp³-hybridized carbons (Fsp3) is 0.103. The Kier molecular flexibility index (Phi) is 24.7. The molecule has 70 heavy (non-hydrogen) atoms. The number of benzene rings is 4. The number of carbonyl (C=O) groups is 2. The Labute approximate surface area is 420 Å². The number of rotatable bonds is 10. The normalized spacial score (nSPS) is 10.8. The summed E-state index contributed by atoms with van der Waals surface area (Å²) in [5.41, 5.74) is 1.55. The maximum absolute atomic E-state index is 13.7. The molecule has 4 aromatic carbocycles. The third kappa shape index (κ3) is 18.1. The van der Waals surface area contributed by atoms with Crippen LogP contribution in [0.25, 0.3) is 10.8 Å². The van der Waals surface area contributed by atoms with Gasteiger partial charge in [-0.2, -0.15) is 0 Å². The minimum absolute atomic E-state index is 0. The van der Waals surface area contributed by atoms with Gasteiger partial charge in [0.15, 0.2) is 11.4 Å². The highest BCUT2D eigenvalue weighted by molar-refractivity contribution is 6.11. The molecular weight excluding hydrogens is 885 g/mol. The van der Waals surface area contributed by atoms with Crippen molar-refractivity contribution in [2.45, 2.75) is 25.5 Å². The van der Waals surface area contributed by atoms with Crippen molar-refractivity contribution in [2.75, 3.05) is 19.1 Å². The van der Waals surface area contributed by atoms with Crippen molar-refractivity contribution in [3.05, 3.63) is 102 Å². The maximum Gasteiger partial charge on any atom is 0.264 e. The Bertz CT molecular complexity index is 3560. The van der Waals surface area contributed by atoms with E-state index in [2.05, 4.69) is 175 Å². The zero-order valence-electron chi connectivity index (χ0n) is 37.2. The number of ketones is 1. The van der Waals surface area contributed by atoms with Gasteiger partial charge in [-0.25, -0.2) is 10.5 Å². The van der Waals surface area contributed by atoms with Crippen LogP contribution in [-0.4, -0.2) is 41.5 Å². The van der Waals surface area contributed by atoms with Gasteiger partial charge in [-0.3, -0.25) is 9.59 Å². The molecule has 1 unspecified atom stereocenters. The first kappa shape index (κ1) is 53.8. The lowest BCUT2D eigenvalue weighted by Gasteiger charge is -2.23. The number of nitrogens with one attached hydrogen (secondary N) is 1. The number of ether oxygens (including phenoxy) is 2. The van der Waals surface area contributed by atoms with Crippen LogP contribution in [0.1, 0.15) is 49.1 Å². The van der Waals surface area contributed by atoms with Crippen LogP contribution in [0.4, 0.5) is 5.69 Å². The zero-order valence-corrected chi connectivity index (χ0v) is 37.2. The third-order valence-corrected chi connectivity index (χ3v) is 8.38. The van der Waals surface area contributed by atoms with E-state index in [0.717, 1.165) is 16.3 Å². The molecule has 0 spiro atoms. The van der Waals surface area contributed by atoms with E-state index in [1.807, 2.05) is 48.5 Å². The van der Waals surface area contributed by atoms with Gasteiger partial charge in [0.1, 0.15) is 11.5 Å². The molecule has 4 aromatic rings. The minimum atomic E-state index is -1.98. The van der Waals surface area contributed by atoms with Gasteiger partial charge in [0.25, 0.3) is 5.91 Å². The summed E-state index contributed by atoms with van der Waals surface area (Å²) < 4.78 is 10.6. The average Bonchev–Trinajstić information content (AvgIpc) is 3.59. The summed E-state index contributed by atoms with van der Waals surface area (Å²) in [6, 6.07) is 25.9. The van der Waals surface area contributed by atoms with Crippen LogP contribution in [0.2, 0.25) is 0 Å². The van der Waals surface area contributed by atoms with E-state index in [9.17, 15) is 14.7 Å². The second-order valence-corrected chi connectivity index (χ2v) is 12.4. The van der Waals surface area contributed by atoms with Gasteiger partial charge in [-0.05, 0) is 147 Å². The lowest BCUT2D eigenvalue weighted by molar-refractivity contribution is -0.571. The highest BCUT2D eigenvalue weighted by Crippen LogP contribution is 2.44. The number of fused-ring (bicyclic) bond motifs is 2. The molecule has 0 saturated carbocycles. The van der Waals surface area contributed by atoms with E-state index >= 15 is 0 Å². The van der Waals surface area contributed by atoms with Gasteiger partial charge in [0, 0.05) is 85.1 Å². The van der Waals surface area contributed by atoms with Crippen LogP contribution in [0.3, 0.4) is 0 Å². The number of methoxy groups -OCH3 is 2. The van der Waals surface area contributed by atoms with Crippen molar-refractivity contribution in [1.29, 1.82) is 0 Å². The van der Waals surface area contributed by atoms with Crippen molar-refractivity contribution in [3.63, 3.8) is 0 Å². The number of anilines is 1. The average molecular weight is 937 g/mol. The van der Waals surface area contributed by atoms with Crippen molar-refractivity contribution < 1.29 is 64.0 Å². The fourth-order valence-corrected chi connectivity index (χ4v) is 5.64. The van der Waals surface area contributed by atoms with Crippen LogP contribution >= 0.6 is 0 Å². The van der Waals surface area contributed by atoms with E-state index in [1.165, 1.54) is 19.9 Å². The molecule has 1 heterocycles. The lowest BCUT2D eigenvalue weighted by Crippen LogP contribution is -2.41. The predicted molar refractivity (Wildman–Crippen MR) is 282 cm³/mol. The third-order valence-electron chi connectivity index (χ3n) is 8.38. The number of amides is 1. The number of terminal acetylenes is 1. The summed E-state index contributed by atoms with van der Waals surface area (Å²) >= 11 is 0. The van der Waals surface area contributed by atoms with Crippen molar-refractivity contribution in [3.8, 4) is 178 Å². The van der Waals surface area contributed by atoms with Crippen LogP contribution in [-0.2, 0) is 32.0 Å². The second-order valence-electron chi connectivity index (χ2n) is 12.4. The highest BCUT2D eigenvalue weighted by Gasteiger charge is 2.51. The number of aliphatic hydroxyl groups is 1. The first-order chi connectivity index (χ1) is 34.3. The molecule has 4 N–H and O–H groups in total. The first-order valence-corrected chi connectivity index (χ1v) is 19.5. The maximum atomic E-state index is 13.7. The van der Waals surface area contributed by atoms with Crippen LogP contribution < -0.4 is 20.0 Å². The summed E-state index contributed by atoms with van der Waals surface area (Å²) in [4.78, 5) is 35.0. The summed E-state index contributed by atoms with van der Waals surface area (Å²) in [6.45, 7) is 1.97. The molecule has 1 aliphatic heterocycles. The van der Waals surface area contributed by atoms with Crippen LogP contribution in [0.5, 0.6) is 11.5 Å². The standard InChI is InChI=1S/C29H25NO5.C29H4.H3NO5.10H2/c1-34-21-14-15-23(27(16-21)35-2)26(31)17-29(33)24-12-5-6-13-25(24)30(28(29)32)18-20-10-7-9-19-8-3-4-11-22(19)20;1-3-5-7-9-11-13-15-17-19-21-23-25-27-29-28-26-24-22-20-18-16-14-12-10-8-6-4-2;2-4-1-5-6-3;;;;;;;;;;/h3-16,33H,17-18H2,1-2H3;1H,2H3;1-3H;10*1H. The molecule has 5 rings (SSSR count). The number of Topliss-reactive ketones (excluding diaryl/α,β-unsaturated/α-hetero) is 1. The molecule has 0 aromatic heterocycles. The number of hydrogen-bond donors (Lipinski definition) is 4. The Morgan fingerprint density at radius 2 is 1.16 bits per heavy atom. The lowest BCUT2D eigenvalue weighted by atomic mass is 9.88. The van der Waals surface area contributed by atoms with Gasteiger partial charge >= 0.3 is 0 Å². The molecule has 0 aliphatic carbocycles. The fourth-order valence-electron chi connectivity index (χ4n) is 5.64. The summed E-state index contributed by atoms with van der Waals surface area (Å²) in [6.07, 6.45) is 4.51. The summed E-state index contributed by atoms with van der Waals surface area (Å²) in [5, 5.41) is 31.2. The first-order valence-electron chi connectivity index (χ1n) is 19.5. The Morgan fingerprint density at radius 1 is 0.657 bits per heavy atom. The van der Waals surface area contributed by atoms with E-state index in [1.54, 1.807) is 48.2 Å². The number of nitrogens with zero attached hydrogens (tertiary/aromatic N) is 1. The van der Waals surface area contributed by atoms with Gasteiger partial charge in [0.2, 0.25) is 0 Å². The van der Waals surface area contributed by atoms with E-state index in [-0.39, 0.29) is 26.4 Å². The number of para-hydroxylation sites is 1. The predicted octanol–water partition coefficient (Wildman–Crippen LogP) is 7.32. The van der Waals surface area contributed by atoms with Gasteiger partial charge in [-0.15, -0.1) is 11.4 Å². The molecule has 354 valence electrons. The molecule has 12 nitrogen and oxygen atoms in total. The minimum Gasteiger partial charge on any atom is -0.497 e. The summed E-state index contributed by atoms with van der Waals surface area (Å²) in [5.74, 6) is 66.8. The quantitative estimate of drug-likeness (QED) is 0.0416. The van der Waals surface area contributed by atoms with E-state index in [0.29, 0.717) is 22.7 Å². The zero-order chi connectivity index (χ0) is 50.5. The molecule has 1 atom stereocenters. The SMILES string of the molecule is C#CC#CC#CC#CC#CC#CC#CC#CC#CC#CC#CC#CC#CC#CC.COc1ccc(C(=O)CC2(O)C(=O)N(Cc3cccc4ccccc34)c3ccccc32)c(OC)c1.OONOOO.[HH].[HH].[HH].[HH].[HH].[HH].[HH].[HH].[HH].[HH]. The molecule has 0 bridgehead atoms. The summed E-state index contributed by atoms with van der Waals surface area (Å²) in [7, 11) is 2.99. The molecule has 1 amide bonds. The molecule has 0 saturated heterocycles. The number of carbonyl (C=O) groups excluding carboxylic acids is 2. The van der Waals surface area contributed by atoms with Gasteiger partial charge in [0.05, 0.1) is 38.4 Å². The van der Waals surface area contributed by atoms with E-state index < -0.39 is 23.7 Å². The highest BCUT2D eigenvalue weighted by atomic mass is 17.5. The number of hydrogen-bond acceptors (Lipinski definition) is 11. The van der Waals surface area contributed by atoms with Crippen molar-refractivity contribution in [1.82, 2.24) is 5.64 Å². The van der Waals surface area contributed by atoms with E-state index in [4.69, 9.17) is 26.4 Å². The van der Waals surface area contributed by atoms with Crippen molar-refractivity contribution >= 4 is 28.2 Å². The Balaban J connectivity index is -0.000000178.